The van der Waals surface area contributed by atoms with Gasteiger partial charge in [-0.05, 0) is 38.5 Å². The third-order valence-electron chi connectivity index (χ3n) is 2.17. The Morgan fingerprint density at radius 3 is 2.40 bits per heavy atom. The van der Waals surface area contributed by atoms with E-state index in [1.165, 1.54) is 12.1 Å². The summed E-state index contributed by atoms with van der Waals surface area (Å²) in [7, 11) is 0. The zero-order valence-corrected chi connectivity index (χ0v) is 12.0. The summed E-state index contributed by atoms with van der Waals surface area (Å²) in [5.41, 5.74) is -1.25. The summed E-state index contributed by atoms with van der Waals surface area (Å²) < 4.78 is 43.4. The lowest BCUT2D eigenvalue weighted by molar-refractivity contribution is -0.137. The van der Waals surface area contributed by atoms with E-state index >= 15 is 0 Å². The summed E-state index contributed by atoms with van der Waals surface area (Å²) in [6, 6.07) is 4.61. The van der Waals surface area contributed by atoms with E-state index in [2.05, 4.69) is 0 Å². The zero-order chi connectivity index (χ0) is 15.6. The number of hydrogen-bond acceptors (Lipinski definition) is 2. The average molecular weight is 310 g/mol. The van der Waals surface area contributed by atoms with Gasteiger partial charge in [0.1, 0.15) is 5.60 Å². The first-order chi connectivity index (χ1) is 8.99. The molecule has 0 aliphatic carbocycles. The van der Waals surface area contributed by atoms with Gasteiger partial charge in [-0.15, -0.1) is 0 Å². The van der Waals surface area contributed by atoms with Gasteiger partial charge in [-0.3, -0.25) is 0 Å². The molecule has 1 aromatic carbocycles. The van der Waals surface area contributed by atoms with Crippen molar-refractivity contribution in [3.63, 3.8) is 0 Å². The summed E-state index contributed by atoms with van der Waals surface area (Å²) in [5, 5.41) is 0. The van der Waals surface area contributed by atoms with E-state index in [9.17, 15) is 18.0 Å². The molecule has 0 heterocycles. The highest BCUT2D eigenvalue weighted by molar-refractivity contribution is 6.20. The van der Waals surface area contributed by atoms with Gasteiger partial charge in [-0.2, -0.15) is 13.2 Å². The molecule has 0 spiro atoms. The fourth-order valence-electron chi connectivity index (χ4n) is 1.38. The first-order valence-electron chi connectivity index (χ1n) is 5.81. The Morgan fingerprint density at radius 1 is 1.30 bits per heavy atom. The van der Waals surface area contributed by atoms with E-state index in [0.717, 1.165) is 12.1 Å². The van der Waals surface area contributed by atoms with Crippen LogP contribution in [0.3, 0.4) is 0 Å². The number of hydrogen-bond donors (Lipinski definition) is 0. The maximum Gasteiger partial charge on any atom is 0.425 e. The Labute approximate surface area is 120 Å². The van der Waals surface area contributed by atoms with E-state index in [-0.39, 0.29) is 12.1 Å². The van der Waals surface area contributed by atoms with Gasteiger partial charge in [0.15, 0.2) is 0 Å². The van der Waals surface area contributed by atoms with Crippen molar-refractivity contribution >= 4 is 17.9 Å². The maximum absolute atomic E-state index is 12.5. The normalized spacial score (nSPS) is 12.2. The van der Waals surface area contributed by atoms with Crippen molar-refractivity contribution in [1.82, 2.24) is 4.42 Å². The highest BCUT2D eigenvalue weighted by Crippen LogP contribution is 2.30. The molecule has 0 radical (unpaired) electrons. The molecule has 0 aromatic heterocycles. The molecular formula is C13H15ClF3NO2. The number of amides is 1. The van der Waals surface area contributed by atoms with Crippen LogP contribution in [0.4, 0.5) is 18.0 Å². The minimum Gasteiger partial charge on any atom is -0.443 e. The topological polar surface area (TPSA) is 29.5 Å². The molecule has 1 amide bonds. The van der Waals surface area contributed by atoms with Crippen LogP contribution in [-0.4, -0.2) is 16.1 Å². The van der Waals surface area contributed by atoms with E-state index in [1.54, 1.807) is 20.8 Å². The van der Waals surface area contributed by atoms with Crippen LogP contribution >= 0.6 is 11.8 Å². The number of rotatable bonds is 2. The lowest BCUT2D eigenvalue weighted by Crippen LogP contribution is -2.31. The number of nitrogens with zero attached hydrogens (tertiary/aromatic N) is 1. The van der Waals surface area contributed by atoms with Crippen LogP contribution in [-0.2, 0) is 17.5 Å². The second-order valence-electron chi connectivity index (χ2n) is 5.20. The molecule has 0 saturated carbocycles. The van der Waals surface area contributed by atoms with Gasteiger partial charge >= 0.3 is 12.3 Å². The van der Waals surface area contributed by atoms with E-state index in [4.69, 9.17) is 16.5 Å². The molecule has 0 unspecified atom stereocenters. The molecule has 0 bridgehead atoms. The van der Waals surface area contributed by atoms with Crippen molar-refractivity contribution in [3.8, 4) is 0 Å². The smallest absolute Gasteiger partial charge is 0.425 e. The van der Waals surface area contributed by atoms with Crippen molar-refractivity contribution in [1.29, 1.82) is 0 Å². The summed E-state index contributed by atoms with van der Waals surface area (Å²) in [5.74, 6) is 0. The monoisotopic (exact) mass is 309 g/mol. The lowest BCUT2D eigenvalue weighted by Gasteiger charge is -2.23. The first kappa shape index (κ1) is 16.6. The van der Waals surface area contributed by atoms with E-state index in [1.807, 2.05) is 0 Å². The van der Waals surface area contributed by atoms with E-state index in [0.29, 0.717) is 4.42 Å². The number of carbonyl (C=O) groups excluding carboxylic acids is 1. The SMILES string of the molecule is CC(C)(C)OC(=O)N(Cl)Cc1cccc(C(F)(F)F)c1. The predicted molar refractivity (Wildman–Crippen MR) is 69.1 cm³/mol. The fourth-order valence-corrected chi connectivity index (χ4v) is 1.55. The Morgan fingerprint density at radius 2 is 1.90 bits per heavy atom. The Kier molecular flexibility index (Phi) is 4.91. The second kappa shape index (κ2) is 5.91. The fraction of sp³-hybridized carbons (Fsp3) is 0.462. The van der Waals surface area contributed by atoms with Crippen LogP contribution in [0.15, 0.2) is 24.3 Å². The largest absolute Gasteiger partial charge is 0.443 e. The number of ether oxygens (including phenoxy) is 1. The van der Waals surface area contributed by atoms with Gasteiger partial charge in [-0.1, -0.05) is 12.1 Å². The summed E-state index contributed by atoms with van der Waals surface area (Å²) >= 11 is 5.72. The van der Waals surface area contributed by atoms with Gasteiger partial charge in [0.05, 0.1) is 12.1 Å². The number of alkyl halides is 3. The Hall–Kier alpha value is -1.43. The maximum atomic E-state index is 12.5. The zero-order valence-electron chi connectivity index (χ0n) is 11.3. The molecule has 7 heteroatoms. The molecule has 0 saturated heterocycles. The second-order valence-corrected chi connectivity index (χ2v) is 5.61. The molecule has 112 valence electrons. The van der Waals surface area contributed by atoms with Crippen LogP contribution in [0.5, 0.6) is 0 Å². The average Bonchev–Trinajstić information content (AvgIpc) is 2.25. The Balaban J connectivity index is 2.76. The van der Waals surface area contributed by atoms with Crippen molar-refractivity contribution < 1.29 is 22.7 Å². The van der Waals surface area contributed by atoms with Crippen molar-refractivity contribution in [2.75, 3.05) is 0 Å². The minimum atomic E-state index is -4.43. The molecule has 20 heavy (non-hydrogen) atoms. The molecular weight excluding hydrogens is 295 g/mol. The number of carbonyl (C=O) groups is 1. The number of halogens is 4. The van der Waals surface area contributed by atoms with Crippen LogP contribution in [0.2, 0.25) is 0 Å². The molecule has 0 aliphatic heterocycles. The molecule has 0 aliphatic rings. The van der Waals surface area contributed by atoms with Gasteiger partial charge in [0.2, 0.25) is 0 Å². The van der Waals surface area contributed by atoms with Crippen molar-refractivity contribution in [2.45, 2.75) is 39.1 Å². The van der Waals surface area contributed by atoms with Crippen molar-refractivity contribution in [2.24, 2.45) is 0 Å². The summed E-state index contributed by atoms with van der Waals surface area (Å²) in [6.45, 7) is 4.82. The molecule has 3 nitrogen and oxygen atoms in total. The molecule has 0 atom stereocenters. The summed E-state index contributed by atoms with van der Waals surface area (Å²) in [4.78, 5) is 11.6. The van der Waals surface area contributed by atoms with Gasteiger partial charge < -0.3 is 4.74 Å². The standard InChI is InChI=1S/C13H15ClF3NO2/c1-12(2,3)20-11(19)18(14)8-9-5-4-6-10(7-9)13(15,16)17/h4-7H,8H2,1-3H3. The predicted octanol–water partition coefficient (Wildman–Crippen LogP) is 4.60. The quantitative estimate of drug-likeness (QED) is 0.747. The van der Waals surface area contributed by atoms with Crippen molar-refractivity contribution in [3.05, 3.63) is 35.4 Å². The highest BCUT2D eigenvalue weighted by Gasteiger charge is 2.30. The molecule has 1 rings (SSSR count). The van der Waals surface area contributed by atoms with Crippen LogP contribution < -0.4 is 0 Å². The summed E-state index contributed by atoms with van der Waals surface area (Å²) in [6.07, 6.45) is -5.24. The minimum absolute atomic E-state index is 0.180. The van der Waals surface area contributed by atoms with E-state index < -0.39 is 23.4 Å². The first-order valence-corrected chi connectivity index (χ1v) is 6.15. The molecule has 0 fully saturated rings. The highest BCUT2D eigenvalue weighted by atomic mass is 35.5. The van der Waals surface area contributed by atoms with Crippen LogP contribution in [0.25, 0.3) is 0 Å². The third-order valence-corrected chi connectivity index (χ3v) is 2.42. The third kappa shape index (κ3) is 5.28. The van der Waals surface area contributed by atoms with Crippen LogP contribution in [0, 0.1) is 0 Å². The van der Waals surface area contributed by atoms with Gasteiger partial charge in [0, 0.05) is 11.8 Å². The Bertz CT molecular complexity index is 483. The lowest BCUT2D eigenvalue weighted by atomic mass is 10.1. The number of benzene rings is 1. The molecule has 1 aromatic rings. The van der Waals surface area contributed by atoms with Crippen LogP contribution in [0.1, 0.15) is 31.9 Å². The molecule has 0 N–H and O–H groups in total. The van der Waals surface area contributed by atoms with Gasteiger partial charge in [0.25, 0.3) is 0 Å². The van der Waals surface area contributed by atoms with Gasteiger partial charge in [-0.25, -0.2) is 9.21 Å².